The van der Waals surface area contributed by atoms with E-state index in [1.165, 1.54) is 27.6 Å². The molecule has 0 aliphatic carbocycles. The number of hydrogen-bond donors (Lipinski definition) is 1. The fourth-order valence-electron chi connectivity index (χ4n) is 2.80. The van der Waals surface area contributed by atoms with E-state index in [2.05, 4.69) is 42.2 Å². The number of hydrogen-bond acceptors (Lipinski definition) is 5. The Labute approximate surface area is 173 Å². The third-order valence-electron chi connectivity index (χ3n) is 4.40. The second-order valence-corrected chi connectivity index (χ2v) is 8.03. The number of halogens is 1. The van der Waals surface area contributed by atoms with Crippen molar-refractivity contribution in [1.29, 1.82) is 0 Å². The Hall–Kier alpha value is -2.51. The lowest BCUT2D eigenvalue weighted by molar-refractivity contribution is -0.127. The number of nitrogens with zero attached hydrogens (tertiary/aromatic N) is 4. The molecular formula is C20H22ClN5OS. The second-order valence-electron chi connectivity index (χ2n) is 6.65. The van der Waals surface area contributed by atoms with Crippen LogP contribution in [0.5, 0.6) is 0 Å². The molecule has 0 spiro atoms. The zero-order valence-corrected chi connectivity index (χ0v) is 17.6. The zero-order valence-electron chi connectivity index (χ0n) is 16.0. The molecule has 0 bridgehead atoms. The highest BCUT2D eigenvalue weighted by Crippen LogP contribution is 2.24. The molecule has 2 N–H and O–H groups in total. The summed E-state index contributed by atoms with van der Waals surface area (Å²) >= 11 is 7.28. The van der Waals surface area contributed by atoms with Gasteiger partial charge >= 0.3 is 0 Å². The van der Waals surface area contributed by atoms with Crippen LogP contribution in [0, 0.1) is 13.8 Å². The lowest BCUT2D eigenvalue weighted by Crippen LogP contribution is -2.28. The molecule has 0 unspecified atom stereocenters. The summed E-state index contributed by atoms with van der Waals surface area (Å²) in [4.78, 5) is 14.2. The highest BCUT2D eigenvalue weighted by Gasteiger charge is 2.16. The molecule has 8 heteroatoms. The summed E-state index contributed by atoms with van der Waals surface area (Å²) in [5.41, 5.74) is 4.30. The Morgan fingerprint density at radius 1 is 1.21 bits per heavy atom. The van der Waals surface area contributed by atoms with E-state index in [0.29, 0.717) is 22.5 Å². The van der Waals surface area contributed by atoms with Crippen LogP contribution in [0.2, 0.25) is 5.02 Å². The molecule has 1 heterocycles. The predicted octanol–water partition coefficient (Wildman–Crippen LogP) is 3.68. The van der Waals surface area contributed by atoms with Gasteiger partial charge in [-0.15, -0.1) is 10.2 Å². The summed E-state index contributed by atoms with van der Waals surface area (Å²) in [5, 5.41) is 9.29. The largest absolute Gasteiger partial charge is 0.341 e. The predicted molar refractivity (Wildman–Crippen MR) is 114 cm³/mol. The van der Waals surface area contributed by atoms with Crippen molar-refractivity contribution in [2.75, 3.05) is 18.6 Å². The maximum Gasteiger partial charge on any atom is 0.233 e. The Morgan fingerprint density at radius 3 is 2.71 bits per heavy atom. The Morgan fingerprint density at radius 2 is 2.00 bits per heavy atom. The van der Waals surface area contributed by atoms with Crippen molar-refractivity contribution in [1.82, 2.24) is 19.8 Å². The van der Waals surface area contributed by atoms with Gasteiger partial charge in [0, 0.05) is 24.2 Å². The molecule has 3 rings (SSSR count). The summed E-state index contributed by atoms with van der Waals surface area (Å²) in [7, 11) is 1.80. The molecule has 2 aromatic carbocycles. The van der Waals surface area contributed by atoms with Gasteiger partial charge in [-0.3, -0.25) is 4.79 Å². The van der Waals surface area contributed by atoms with Crippen LogP contribution in [0.1, 0.15) is 16.7 Å². The number of nitrogens with two attached hydrogens (primary N) is 1. The molecule has 0 atom stereocenters. The first-order valence-electron chi connectivity index (χ1n) is 8.74. The van der Waals surface area contributed by atoms with Gasteiger partial charge in [0.2, 0.25) is 11.1 Å². The Balaban J connectivity index is 1.63. The summed E-state index contributed by atoms with van der Waals surface area (Å²) in [6, 6.07) is 13.5. The third kappa shape index (κ3) is 4.66. The maximum absolute atomic E-state index is 12.5. The van der Waals surface area contributed by atoms with Gasteiger partial charge in [-0.25, -0.2) is 4.68 Å². The number of amides is 1. The average molecular weight is 416 g/mol. The summed E-state index contributed by atoms with van der Waals surface area (Å²) in [5.74, 6) is 6.84. The van der Waals surface area contributed by atoms with E-state index in [1.807, 2.05) is 12.1 Å². The van der Waals surface area contributed by atoms with Crippen LogP contribution in [0.3, 0.4) is 0 Å². The molecule has 0 aliphatic rings. The van der Waals surface area contributed by atoms with Gasteiger partial charge in [0.15, 0.2) is 5.82 Å². The SMILES string of the molecule is Cc1ccc(CN(C)C(=O)CSc2nnc(-c3cccc(Cl)c3)n2N)c(C)c1. The molecule has 0 saturated carbocycles. The molecule has 3 aromatic rings. The van der Waals surface area contributed by atoms with Gasteiger partial charge in [-0.2, -0.15) is 0 Å². The van der Waals surface area contributed by atoms with Crippen LogP contribution in [0.25, 0.3) is 11.4 Å². The van der Waals surface area contributed by atoms with Crippen molar-refractivity contribution in [3.8, 4) is 11.4 Å². The van der Waals surface area contributed by atoms with Crippen molar-refractivity contribution in [3.63, 3.8) is 0 Å². The lowest BCUT2D eigenvalue weighted by Gasteiger charge is -2.18. The van der Waals surface area contributed by atoms with Gasteiger partial charge in [0.05, 0.1) is 5.75 Å². The van der Waals surface area contributed by atoms with Crippen LogP contribution >= 0.6 is 23.4 Å². The van der Waals surface area contributed by atoms with E-state index < -0.39 is 0 Å². The number of thioether (sulfide) groups is 1. The molecule has 0 radical (unpaired) electrons. The normalized spacial score (nSPS) is 10.9. The minimum atomic E-state index is -0.00252. The smallest absolute Gasteiger partial charge is 0.233 e. The molecule has 6 nitrogen and oxygen atoms in total. The van der Waals surface area contributed by atoms with Gasteiger partial charge < -0.3 is 10.7 Å². The fourth-order valence-corrected chi connectivity index (χ4v) is 3.79. The van der Waals surface area contributed by atoms with Crippen LogP contribution in [-0.2, 0) is 11.3 Å². The van der Waals surface area contributed by atoms with E-state index in [0.717, 1.165) is 11.1 Å². The average Bonchev–Trinajstić information content (AvgIpc) is 3.02. The maximum atomic E-state index is 12.5. The number of rotatable bonds is 6. The highest BCUT2D eigenvalue weighted by atomic mass is 35.5. The van der Waals surface area contributed by atoms with Crippen molar-refractivity contribution < 1.29 is 4.79 Å². The monoisotopic (exact) mass is 415 g/mol. The van der Waals surface area contributed by atoms with Crippen LogP contribution in [-0.4, -0.2) is 38.5 Å². The quantitative estimate of drug-likeness (QED) is 0.490. The van der Waals surface area contributed by atoms with Gasteiger partial charge in [0.1, 0.15) is 0 Å². The van der Waals surface area contributed by atoms with E-state index >= 15 is 0 Å². The topological polar surface area (TPSA) is 77.0 Å². The highest BCUT2D eigenvalue weighted by molar-refractivity contribution is 7.99. The number of aromatic nitrogens is 3. The third-order valence-corrected chi connectivity index (χ3v) is 5.57. The first kappa shape index (κ1) is 20.2. The number of benzene rings is 2. The number of carbonyl (C=O) groups excluding carboxylic acids is 1. The first-order chi connectivity index (χ1) is 13.3. The molecule has 0 saturated heterocycles. The van der Waals surface area contributed by atoms with Gasteiger partial charge in [-0.05, 0) is 37.1 Å². The number of carbonyl (C=O) groups is 1. The Bertz CT molecular complexity index is 1000. The fraction of sp³-hybridized carbons (Fsp3) is 0.250. The van der Waals surface area contributed by atoms with E-state index in [4.69, 9.17) is 17.4 Å². The summed E-state index contributed by atoms with van der Waals surface area (Å²) in [6.07, 6.45) is 0. The summed E-state index contributed by atoms with van der Waals surface area (Å²) < 4.78 is 1.38. The lowest BCUT2D eigenvalue weighted by atomic mass is 10.1. The number of aryl methyl sites for hydroxylation is 2. The van der Waals surface area contributed by atoms with Crippen molar-refractivity contribution >= 4 is 29.3 Å². The summed E-state index contributed by atoms with van der Waals surface area (Å²) in [6.45, 7) is 4.68. The molecule has 146 valence electrons. The molecule has 0 aliphatic heterocycles. The van der Waals surface area contributed by atoms with Crippen LogP contribution in [0.4, 0.5) is 0 Å². The van der Waals surface area contributed by atoms with E-state index in [1.54, 1.807) is 24.1 Å². The standard InChI is InChI=1S/C20H22ClN5OS/c1-13-7-8-16(14(2)9-13)11-25(3)18(27)12-28-20-24-23-19(26(20)22)15-5-4-6-17(21)10-15/h4-10H,11-12,22H2,1-3H3. The van der Waals surface area contributed by atoms with Gasteiger partial charge in [-0.1, -0.05) is 59.3 Å². The van der Waals surface area contributed by atoms with E-state index in [9.17, 15) is 4.79 Å². The van der Waals surface area contributed by atoms with Crippen LogP contribution in [0.15, 0.2) is 47.6 Å². The first-order valence-corrected chi connectivity index (χ1v) is 10.1. The molecule has 1 aromatic heterocycles. The molecular weight excluding hydrogens is 394 g/mol. The van der Waals surface area contributed by atoms with E-state index in [-0.39, 0.29) is 11.7 Å². The Kier molecular flexibility index (Phi) is 6.26. The zero-order chi connectivity index (χ0) is 20.3. The van der Waals surface area contributed by atoms with Crippen molar-refractivity contribution in [2.24, 2.45) is 0 Å². The molecule has 0 fully saturated rings. The molecule has 1 amide bonds. The van der Waals surface area contributed by atoms with Gasteiger partial charge in [0.25, 0.3) is 0 Å². The molecule has 28 heavy (non-hydrogen) atoms. The van der Waals surface area contributed by atoms with Crippen molar-refractivity contribution in [2.45, 2.75) is 25.5 Å². The minimum Gasteiger partial charge on any atom is -0.341 e. The van der Waals surface area contributed by atoms with Crippen molar-refractivity contribution in [3.05, 3.63) is 64.2 Å². The minimum absolute atomic E-state index is 0.00252. The van der Waals surface area contributed by atoms with Crippen LogP contribution < -0.4 is 5.84 Å². The number of nitrogen functional groups attached to an aromatic ring is 1. The second kappa shape index (κ2) is 8.67.